The average Bonchev–Trinajstić information content (AvgIpc) is 3.30. The largest absolute Gasteiger partial charge is 0.507 e. The molecule has 116 valence electrons. The van der Waals surface area contributed by atoms with Gasteiger partial charge in [-0.2, -0.15) is 0 Å². The van der Waals surface area contributed by atoms with Gasteiger partial charge in [0, 0.05) is 16.5 Å². The van der Waals surface area contributed by atoms with E-state index < -0.39 is 0 Å². The summed E-state index contributed by atoms with van der Waals surface area (Å²) in [6.45, 7) is 0. The van der Waals surface area contributed by atoms with Gasteiger partial charge in [0.1, 0.15) is 11.4 Å². The highest BCUT2D eigenvalue weighted by Gasteiger charge is 2.30. The predicted molar refractivity (Wildman–Crippen MR) is 88.7 cm³/mol. The lowest BCUT2D eigenvalue weighted by molar-refractivity contribution is -0.117. The number of carbonyl (C=O) groups excluding carboxylic acids is 1. The molecule has 1 aliphatic rings. The van der Waals surface area contributed by atoms with Gasteiger partial charge in [0.25, 0.3) is 0 Å². The van der Waals surface area contributed by atoms with Gasteiger partial charge in [0.2, 0.25) is 5.91 Å². The van der Waals surface area contributed by atoms with E-state index in [4.69, 9.17) is 11.6 Å². The van der Waals surface area contributed by atoms with Crippen molar-refractivity contribution in [2.45, 2.75) is 12.8 Å². The standard InChI is InChI=1S/C17H14ClN3O2/c18-11-6-7-14(22)12(8-11)13-2-1-3-16-19-15(9-21(13)16)20-17(23)10-4-5-10/h1-3,6-10,22H,4-5H2,(H,20,23). The molecule has 5 nitrogen and oxygen atoms in total. The van der Waals surface area contributed by atoms with Crippen molar-refractivity contribution in [3.05, 3.63) is 47.6 Å². The van der Waals surface area contributed by atoms with Crippen LogP contribution in [0, 0.1) is 5.92 Å². The second kappa shape index (κ2) is 5.28. The molecule has 4 rings (SSSR count). The zero-order valence-electron chi connectivity index (χ0n) is 12.2. The van der Waals surface area contributed by atoms with Gasteiger partial charge in [-0.3, -0.25) is 9.20 Å². The molecule has 0 spiro atoms. The number of carbonyl (C=O) groups is 1. The van der Waals surface area contributed by atoms with E-state index in [1.807, 2.05) is 22.6 Å². The Morgan fingerprint density at radius 3 is 2.91 bits per heavy atom. The summed E-state index contributed by atoms with van der Waals surface area (Å²) >= 11 is 6.04. The maximum atomic E-state index is 11.9. The van der Waals surface area contributed by atoms with Crippen LogP contribution in [0.2, 0.25) is 5.02 Å². The molecule has 23 heavy (non-hydrogen) atoms. The van der Waals surface area contributed by atoms with E-state index in [-0.39, 0.29) is 17.6 Å². The molecule has 0 unspecified atom stereocenters. The summed E-state index contributed by atoms with van der Waals surface area (Å²) in [6.07, 6.45) is 3.65. The molecule has 0 radical (unpaired) electrons. The summed E-state index contributed by atoms with van der Waals surface area (Å²) in [5.41, 5.74) is 2.05. The van der Waals surface area contributed by atoms with Crippen LogP contribution in [0.25, 0.3) is 16.9 Å². The predicted octanol–water partition coefficient (Wildman–Crippen LogP) is 3.71. The quantitative estimate of drug-likeness (QED) is 0.770. The van der Waals surface area contributed by atoms with Crippen LogP contribution in [0.5, 0.6) is 5.75 Å². The molecular formula is C17H14ClN3O2. The molecule has 0 saturated heterocycles. The Bertz CT molecular complexity index is 915. The van der Waals surface area contributed by atoms with Crippen molar-refractivity contribution in [2.75, 3.05) is 5.32 Å². The number of fused-ring (bicyclic) bond motifs is 1. The Kier molecular flexibility index (Phi) is 3.23. The minimum absolute atomic E-state index is 0.0144. The number of anilines is 1. The molecule has 2 aromatic heterocycles. The molecule has 1 fully saturated rings. The number of imidazole rings is 1. The number of aromatic hydroxyl groups is 1. The van der Waals surface area contributed by atoms with Crippen LogP contribution < -0.4 is 5.32 Å². The fourth-order valence-electron chi connectivity index (χ4n) is 2.58. The van der Waals surface area contributed by atoms with E-state index in [0.29, 0.717) is 22.1 Å². The lowest BCUT2D eigenvalue weighted by Gasteiger charge is -2.08. The van der Waals surface area contributed by atoms with Crippen LogP contribution in [0.4, 0.5) is 5.82 Å². The number of halogens is 1. The number of hydrogen-bond donors (Lipinski definition) is 2. The molecule has 1 amide bonds. The lowest BCUT2D eigenvalue weighted by Crippen LogP contribution is -2.13. The molecule has 2 heterocycles. The first kappa shape index (κ1) is 14.1. The topological polar surface area (TPSA) is 66.6 Å². The fraction of sp³-hybridized carbons (Fsp3) is 0.176. The van der Waals surface area contributed by atoms with Crippen LogP contribution in [0.15, 0.2) is 42.6 Å². The van der Waals surface area contributed by atoms with Gasteiger partial charge in [0.15, 0.2) is 5.82 Å². The molecule has 0 aliphatic heterocycles. The van der Waals surface area contributed by atoms with Gasteiger partial charge in [-0.25, -0.2) is 4.98 Å². The van der Waals surface area contributed by atoms with Crippen LogP contribution in [0.3, 0.4) is 0 Å². The highest BCUT2D eigenvalue weighted by atomic mass is 35.5. The van der Waals surface area contributed by atoms with Crippen LogP contribution >= 0.6 is 11.6 Å². The summed E-state index contributed by atoms with van der Waals surface area (Å²) in [4.78, 5) is 16.3. The smallest absolute Gasteiger partial charge is 0.228 e. The lowest BCUT2D eigenvalue weighted by atomic mass is 10.1. The van der Waals surface area contributed by atoms with Gasteiger partial charge in [-0.15, -0.1) is 0 Å². The van der Waals surface area contributed by atoms with Crippen molar-refractivity contribution < 1.29 is 9.90 Å². The van der Waals surface area contributed by atoms with Crippen LogP contribution in [0.1, 0.15) is 12.8 Å². The molecule has 0 bridgehead atoms. The summed E-state index contributed by atoms with van der Waals surface area (Å²) < 4.78 is 1.83. The van der Waals surface area contributed by atoms with Crippen molar-refractivity contribution in [3.63, 3.8) is 0 Å². The van der Waals surface area contributed by atoms with Gasteiger partial charge >= 0.3 is 0 Å². The van der Waals surface area contributed by atoms with E-state index in [9.17, 15) is 9.90 Å². The Labute approximate surface area is 137 Å². The number of benzene rings is 1. The first-order valence-corrected chi connectivity index (χ1v) is 7.77. The van der Waals surface area contributed by atoms with Crippen LogP contribution in [-0.4, -0.2) is 20.4 Å². The van der Waals surface area contributed by atoms with Gasteiger partial charge in [-0.1, -0.05) is 17.7 Å². The first-order valence-electron chi connectivity index (χ1n) is 7.40. The van der Waals surface area contributed by atoms with Crippen molar-refractivity contribution >= 4 is 29.0 Å². The zero-order valence-corrected chi connectivity index (χ0v) is 12.9. The second-order valence-electron chi connectivity index (χ2n) is 5.69. The molecule has 2 N–H and O–H groups in total. The summed E-state index contributed by atoms with van der Waals surface area (Å²) in [6, 6.07) is 10.5. The maximum Gasteiger partial charge on any atom is 0.228 e. The minimum atomic E-state index is 0.0144. The molecule has 1 aromatic carbocycles. The van der Waals surface area contributed by atoms with Crippen molar-refractivity contribution in [2.24, 2.45) is 5.92 Å². The number of nitrogens with one attached hydrogen (secondary N) is 1. The van der Waals surface area contributed by atoms with E-state index in [2.05, 4.69) is 10.3 Å². The second-order valence-corrected chi connectivity index (χ2v) is 6.13. The third-order valence-corrected chi connectivity index (χ3v) is 4.16. The van der Waals surface area contributed by atoms with Crippen molar-refractivity contribution in [3.8, 4) is 17.0 Å². The highest BCUT2D eigenvalue weighted by molar-refractivity contribution is 6.31. The zero-order chi connectivity index (χ0) is 16.0. The molecular weight excluding hydrogens is 314 g/mol. The van der Waals surface area contributed by atoms with E-state index in [1.165, 1.54) is 0 Å². The minimum Gasteiger partial charge on any atom is -0.507 e. The van der Waals surface area contributed by atoms with Crippen molar-refractivity contribution in [1.82, 2.24) is 9.38 Å². The van der Waals surface area contributed by atoms with Crippen LogP contribution in [-0.2, 0) is 4.79 Å². The van der Waals surface area contributed by atoms with Crippen molar-refractivity contribution in [1.29, 1.82) is 0 Å². The normalized spacial score (nSPS) is 14.1. The Hall–Kier alpha value is -2.53. The fourth-order valence-corrected chi connectivity index (χ4v) is 2.75. The maximum absolute atomic E-state index is 11.9. The Morgan fingerprint density at radius 1 is 1.30 bits per heavy atom. The van der Waals surface area contributed by atoms with Gasteiger partial charge in [-0.05, 0) is 43.2 Å². The molecule has 1 saturated carbocycles. The third-order valence-electron chi connectivity index (χ3n) is 3.93. The third kappa shape index (κ3) is 2.64. The SMILES string of the molecule is O=C(Nc1cn2c(-c3cc(Cl)ccc3O)cccc2n1)C1CC1. The molecule has 6 heteroatoms. The number of pyridine rings is 1. The van der Waals surface area contributed by atoms with Gasteiger partial charge < -0.3 is 10.4 Å². The summed E-state index contributed by atoms with van der Waals surface area (Å²) in [5.74, 6) is 0.784. The molecule has 0 atom stereocenters. The summed E-state index contributed by atoms with van der Waals surface area (Å²) in [7, 11) is 0. The molecule has 1 aliphatic carbocycles. The number of nitrogens with zero attached hydrogens (tertiary/aromatic N) is 2. The number of rotatable bonds is 3. The highest BCUT2D eigenvalue weighted by Crippen LogP contribution is 2.33. The van der Waals surface area contributed by atoms with E-state index in [0.717, 1.165) is 18.5 Å². The Balaban J connectivity index is 1.79. The number of aromatic nitrogens is 2. The van der Waals surface area contributed by atoms with Gasteiger partial charge in [0.05, 0.1) is 11.9 Å². The van der Waals surface area contributed by atoms with E-state index in [1.54, 1.807) is 24.4 Å². The Morgan fingerprint density at radius 2 is 2.13 bits per heavy atom. The average molecular weight is 328 g/mol. The number of phenolic OH excluding ortho intramolecular Hbond substituents is 1. The number of amides is 1. The first-order chi connectivity index (χ1) is 11.1. The summed E-state index contributed by atoms with van der Waals surface area (Å²) in [5, 5.41) is 13.5. The number of hydrogen-bond acceptors (Lipinski definition) is 3. The molecule has 3 aromatic rings. The number of phenols is 1. The monoisotopic (exact) mass is 327 g/mol. The van der Waals surface area contributed by atoms with E-state index >= 15 is 0 Å².